The molecule has 0 unspecified atom stereocenters. The van der Waals surface area contributed by atoms with Gasteiger partial charge in [0.05, 0.1) is 23.6 Å². The van der Waals surface area contributed by atoms with Gasteiger partial charge in [0.2, 0.25) is 11.8 Å². The molecule has 2 aliphatic carbocycles. The number of aromatic nitrogens is 1. The lowest BCUT2D eigenvalue weighted by Gasteiger charge is -2.27. The highest BCUT2D eigenvalue weighted by molar-refractivity contribution is 9.10. The minimum atomic E-state index is -1.44. The van der Waals surface area contributed by atoms with Crippen LogP contribution in [0.5, 0.6) is 11.5 Å². The number of methoxy groups -OCH3 is 1. The minimum Gasteiger partial charge on any atom is -0.495 e. The number of hydrogen-bond donors (Lipinski definition) is 3. The summed E-state index contributed by atoms with van der Waals surface area (Å²) in [7, 11) is 3.17. The third-order valence-corrected chi connectivity index (χ3v) is 11.0. The van der Waals surface area contributed by atoms with Crippen molar-refractivity contribution in [2.45, 2.75) is 100 Å². The third kappa shape index (κ3) is 7.29. The molecule has 2 saturated carbocycles. The molecular weight excluding hydrogens is 700 g/mol. The van der Waals surface area contributed by atoms with Crippen molar-refractivity contribution in [2.24, 2.45) is 13.0 Å². The summed E-state index contributed by atoms with van der Waals surface area (Å²) in [5.41, 5.74) is -1.21. The smallest absolute Gasteiger partial charge is 0.407 e. The second-order valence-corrected chi connectivity index (χ2v) is 14.4. The number of carboxylic acids is 1. The number of nitrogens with zero attached hydrogens (tertiary/aromatic N) is 2. The number of halogens is 1. The molecule has 0 radical (unpaired) electrons. The van der Waals surface area contributed by atoms with E-state index in [2.05, 4.69) is 26.6 Å². The molecule has 3 amide bonds. The molecule has 0 spiro atoms. The van der Waals surface area contributed by atoms with Gasteiger partial charge in [-0.05, 0) is 79.4 Å². The zero-order valence-corrected chi connectivity index (χ0v) is 29.3. The lowest BCUT2D eigenvalue weighted by molar-refractivity contribution is -0.145. The van der Waals surface area contributed by atoms with E-state index in [9.17, 15) is 29.1 Å². The van der Waals surface area contributed by atoms with Gasteiger partial charge in [-0.1, -0.05) is 18.6 Å². The lowest BCUT2D eigenvalue weighted by Crippen LogP contribution is -2.53. The van der Waals surface area contributed by atoms with Crippen molar-refractivity contribution < 1.29 is 38.5 Å². The van der Waals surface area contributed by atoms with E-state index in [1.807, 2.05) is 12.2 Å². The van der Waals surface area contributed by atoms with Crippen LogP contribution in [0.4, 0.5) is 4.79 Å². The summed E-state index contributed by atoms with van der Waals surface area (Å²) in [4.78, 5) is 67.6. The van der Waals surface area contributed by atoms with Crippen molar-refractivity contribution in [3.8, 4) is 11.5 Å². The zero-order chi connectivity index (χ0) is 34.9. The number of aliphatic carboxylic acids is 1. The number of hydrogen-bond acceptors (Lipinski definition) is 8. The first-order valence-electron chi connectivity index (χ1n) is 17.0. The molecule has 4 aliphatic rings. The molecule has 2 aromatic rings. The largest absolute Gasteiger partial charge is 0.495 e. The molecule has 13 nitrogen and oxygen atoms in total. The Hall–Kier alpha value is -4.07. The van der Waals surface area contributed by atoms with Crippen LogP contribution in [0.1, 0.15) is 70.6 Å². The predicted molar refractivity (Wildman–Crippen MR) is 182 cm³/mol. The Bertz CT molecular complexity index is 1720. The van der Waals surface area contributed by atoms with Crippen LogP contribution in [0.15, 0.2) is 39.6 Å². The number of pyridine rings is 1. The number of benzene rings is 1. The Morgan fingerprint density at radius 1 is 1.06 bits per heavy atom. The maximum atomic E-state index is 14.0. The van der Waals surface area contributed by atoms with Gasteiger partial charge in [0.1, 0.15) is 35.3 Å². The molecule has 49 heavy (non-hydrogen) atoms. The minimum absolute atomic E-state index is 0.0214. The maximum Gasteiger partial charge on any atom is 0.407 e. The second kappa shape index (κ2) is 14.4. The number of amides is 3. The maximum absolute atomic E-state index is 14.0. The van der Waals surface area contributed by atoms with Gasteiger partial charge in [0.25, 0.3) is 5.56 Å². The average molecular weight is 744 g/mol. The van der Waals surface area contributed by atoms with Crippen molar-refractivity contribution >= 4 is 50.7 Å². The van der Waals surface area contributed by atoms with Crippen molar-refractivity contribution in [3.63, 3.8) is 0 Å². The highest BCUT2D eigenvalue weighted by atomic mass is 79.9. The SMILES string of the molecule is COc1ccc2c(O[C@@H]3C[C@H]4C(=O)N[C@]5(C(=O)O)C[C@H]5/C=C\CCCC[C@H](NC(=O)OC5CCCC5)CC(=O)N4C3)cc(=O)n(C)c2c1Br. The molecule has 3 N–H and O–H groups in total. The monoisotopic (exact) mass is 742 g/mol. The number of aryl methyl sites for hydroxylation is 1. The Morgan fingerprint density at radius 3 is 2.55 bits per heavy atom. The van der Waals surface area contributed by atoms with Gasteiger partial charge in [-0.25, -0.2) is 9.59 Å². The Morgan fingerprint density at radius 2 is 1.82 bits per heavy atom. The third-order valence-electron chi connectivity index (χ3n) is 10.3. The molecular formula is C35H43BrN4O9. The van der Waals surface area contributed by atoms with Gasteiger partial charge in [-0.2, -0.15) is 0 Å². The fourth-order valence-electron chi connectivity index (χ4n) is 7.40. The standard InChI is InChI=1S/C35H43BrN4O9/c1-39-28(41)17-27(24-13-14-26(47-2)30(36)31(24)39)48-23-16-25-32(43)38-35(33(44)45)18-20(35)9-5-3-4-6-10-21(15-29(42)40(25)19-23)37-34(46)49-22-11-7-8-12-22/h5,9,13-14,17,20-23,25H,3-4,6-8,10-12,15-16,18-19H2,1-2H3,(H,37,46)(H,38,43)(H,44,45)/b9-5-/t20-,21+,23-,25+,35-/m1/s1. The summed E-state index contributed by atoms with van der Waals surface area (Å²) < 4.78 is 19.5. The van der Waals surface area contributed by atoms with Crippen molar-refractivity contribution in [3.05, 3.63) is 45.2 Å². The summed E-state index contributed by atoms with van der Waals surface area (Å²) in [6.07, 6.45) is 9.10. The molecule has 6 rings (SSSR count). The van der Waals surface area contributed by atoms with E-state index >= 15 is 0 Å². The van der Waals surface area contributed by atoms with E-state index in [1.54, 1.807) is 19.2 Å². The number of carbonyl (C=O) groups excluding carboxylic acids is 3. The number of alkyl carbamates (subject to hydrolysis) is 1. The lowest BCUT2D eigenvalue weighted by atomic mass is 10.0. The van der Waals surface area contributed by atoms with E-state index in [0.717, 1.165) is 38.5 Å². The van der Waals surface area contributed by atoms with Crippen LogP contribution in [-0.2, 0) is 26.2 Å². The Kier molecular flexibility index (Phi) is 10.2. The van der Waals surface area contributed by atoms with Crippen molar-refractivity contribution in [1.82, 2.24) is 20.1 Å². The van der Waals surface area contributed by atoms with E-state index in [0.29, 0.717) is 34.0 Å². The van der Waals surface area contributed by atoms with Crippen LogP contribution in [-0.4, -0.2) is 81.9 Å². The van der Waals surface area contributed by atoms with E-state index in [4.69, 9.17) is 14.2 Å². The molecule has 5 atom stereocenters. The first-order valence-corrected chi connectivity index (χ1v) is 17.8. The normalized spacial score (nSPS) is 28.4. The van der Waals surface area contributed by atoms with Gasteiger partial charge in [0.15, 0.2) is 0 Å². The number of ether oxygens (including phenoxy) is 3. The molecule has 0 bridgehead atoms. The summed E-state index contributed by atoms with van der Waals surface area (Å²) in [5, 5.41) is 16.4. The van der Waals surface area contributed by atoms with Gasteiger partial charge in [-0.3, -0.25) is 14.4 Å². The summed E-state index contributed by atoms with van der Waals surface area (Å²) in [5.74, 6) is -1.63. The number of nitrogens with one attached hydrogen (secondary N) is 2. The van der Waals surface area contributed by atoms with Crippen molar-refractivity contribution in [1.29, 1.82) is 0 Å². The van der Waals surface area contributed by atoms with Crippen LogP contribution in [0, 0.1) is 5.92 Å². The number of fused-ring (bicyclic) bond motifs is 3. The van der Waals surface area contributed by atoms with Crippen LogP contribution in [0.25, 0.3) is 10.9 Å². The quantitative estimate of drug-likeness (QED) is 0.369. The first-order chi connectivity index (χ1) is 23.5. The summed E-state index contributed by atoms with van der Waals surface area (Å²) in [6.45, 7) is 0.0214. The van der Waals surface area contributed by atoms with Gasteiger partial charge in [0, 0.05) is 43.3 Å². The topological polar surface area (TPSA) is 166 Å². The number of allylic oxidation sites excluding steroid dienone is 1. The van der Waals surface area contributed by atoms with Gasteiger partial charge >= 0.3 is 12.1 Å². The molecule has 14 heteroatoms. The van der Waals surface area contributed by atoms with E-state index < -0.39 is 41.7 Å². The average Bonchev–Trinajstić information content (AvgIpc) is 3.34. The molecule has 2 aliphatic heterocycles. The van der Waals surface area contributed by atoms with Gasteiger partial charge < -0.3 is 39.4 Å². The fraction of sp³-hybridized carbons (Fsp3) is 0.571. The van der Waals surface area contributed by atoms with Gasteiger partial charge in [-0.15, -0.1) is 0 Å². The molecule has 1 saturated heterocycles. The zero-order valence-electron chi connectivity index (χ0n) is 27.7. The number of rotatable bonds is 6. The van der Waals surface area contributed by atoms with E-state index in [1.165, 1.54) is 22.6 Å². The van der Waals surface area contributed by atoms with Crippen LogP contribution >= 0.6 is 15.9 Å². The molecule has 264 valence electrons. The number of carboxylic acid groups (broad SMARTS) is 1. The van der Waals surface area contributed by atoms with Crippen molar-refractivity contribution in [2.75, 3.05) is 13.7 Å². The fourth-order valence-corrected chi connectivity index (χ4v) is 8.18. The molecule has 3 heterocycles. The molecule has 1 aromatic carbocycles. The second-order valence-electron chi connectivity index (χ2n) is 13.6. The highest BCUT2D eigenvalue weighted by Crippen LogP contribution is 2.45. The summed E-state index contributed by atoms with van der Waals surface area (Å²) >= 11 is 3.54. The highest BCUT2D eigenvalue weighted by Gasteiger charge is 2.61. The first kappa shape index (κ1) is 34.8. The van der Waals surface area contributed by atoms with Crippen LogP contribution < -0.4 is 25.7 Å². The Balaban J connectivity index is 1.28. The predicted octanol–water partition coefficient (Wildman–Crippen LogP) is 4.18. The molecule has 3 fully saturated rings. The Labute approximate surface area is 292 Å². The molecule has 1 aromatic heterocycles. The van der Waals surface area contributed by atoms with Crippen LogP contribution in [0.2, 0.25) is 0 Å². The number of carbonyl (C=O) groups is 4. The van der Waals surface area contributed by atoms with Crippen LogP contribution in [0.3, 0.4) is 0 Å². The van der Waals surface area contributed by atoms with E-state index in [-0.39, 0.29) is 55.0 Å². The summed E-state index contributed by atoms with van der Waals surface area (Å²) in [6, 6.07) is 3.34.